The lowest BCUT2D eigenvalue weighted by molar-refractivity contribution is 0.452. The summed E-state index contributed by atoms with van der Waals surface area (Å²) >= 11 is 5.86. The monoisotopic (exact) mass is 235 g/mol. The third-order valence-corrected chi connectivity index (χ3v) is 2.33. The Morgan fingerprint density at radius 2 is 2.19 bits per heavy atom. The smallest absolute Gasteiger partial charge is 0.238 e. The standard InChI is InChI=1S/C11H10ClN3O/c12-8-3-1-2-7(4-8)5-10-14-6-9(13)11(16)15-10/h1-4,6H,5,13H2,(H,14,15,16). The van der Waals surface area contributed by atoms with Crippen LogP contribution >= 0.6 is 11.6 Å². The highest BCUT2D eigenvalue weighted by molar-refractivity contribution is 6.30. The summed E-state index contributed by atoms with van der Waals surface area (Å²) in [4.78, 5) is 7.90. The van der Waals surface area contributed by atoms with E-state index in [0.29, 0.717) is 17.3 Å². The molecule has 5 heteroatoms. The Morgan fingerprint density at radius 1 is 1.38 bits per heavy atom. The molecule has 16 heavy (non-hydrogen) atoms. The van der Waals surface area contributed by atoms with Crippen LogP contribution < -0.4 is 5.73 Å². The average molecular weight is 236 g/mol. The molecule has 2 rings (SSSR count). The molecule has 0 aliphatic carbocycles. The van der Waals surface area contributed by atoms with Crippen LogP contribution in [0.4, 0.5) is 5.69 Å². The highest BCUT2D eigenvalue weighted by atomic mass is 35.5. The van der Waals surface area contributed by atoms with Gasteiger partial charge in [-0.05, 0) is 17.7 Å². The first-order valence-corrected chi connectivity index (χ1v) is 5.08. The van der Waals surface area contributed by atoms with Crippen molar-refractivity contribution in [1.29, 1.82) is 0 Å². The van der Waals surface area contributed by atoms with Crippen LogP contribution in [0.2, 0.25) is 5.02 Å². The van der Waals surface area contributed by atoms with Crippen LogP contribution in [0.15, 0.2) is 30.5 Å². The van der Waals surface area contributed by atoms with Crippen molar-refractivity contribution >= 4 is 17.3 Å². The molecular weight excluding hydrogens is 226 g/mol. The summed E-state index contributed by atoms with van der Waals surface area (Å²) in [6.07, 6.45) is 1.90. The molecule has 82 valence electrons. The second kappa shape index (κ2) is 4.37. The highest BCUT2D eigenvalue weighted by Gasteiger charge is 2.04. The lowest BCUT2D eigenvalue weighted by Gasteiger charge is -2.02. The minimum Gasteiger partial charge on any atom is -0.492 e. The largest absolute Gasteiger partial charge is 0.492 e. The molecule has 0 aliphatic heterocycles. The van der Waals surface area contributed by atoms with Gasteiger partial charge in [-0.3, -0.25) is 0 Å². The van der Waals surface area contributed by atoms with Crippen LogP contribution in [-0.2, 0) is 6.42 Å². The molecule has 0 saturated heterocycles. The van der Waals surface area contributed by atoms with Crippen molar-refractivity contribution < 1.29 is 5.11 Å². The Labute approximate surface area is 97.7 Å². The maximum absolute atomic E-state index is 9.33. The van der Waals surface area contributed by atoms with Gasteiger partial charge in [0.15, 0.2) is 0 Å². The molecule has 0 amide bonds. The van der Waals surface area contributed by atoms with Crippen molar-refractivity contribution in [3.05, 3.63) is 46.9 Å². The van der Waals surface area contributed by atoms with Gasteiger partial charge in [0.1, 0.15) is 11.5 Å². The number of nitrogens with zero attached hydrogens (tertiary/aromatic N) is 2. The molecule has 1 aromatic heterocycles. The number of benzene rings is 1. The molecule has 3 N–H and O–H groups in total. The second-order valence-electron chi connectivity index (χ2n) is 3.37. The zero-order valence-electron chi connectivity index (χ0n) is 8.39. The summed E-state index contributed by atoms with van der Waals surface area (Å²) in [6.45, 7) is 0. The van der Waals surface area contributed by atoms with Crippen molar-refractivity contribution in [3.63, 3.8) is 0 Å². The van der Waals surface area contributed by atoms with Crippen molar-refractivity contribution in [2.24, 2.45) is 0 Å². The molecule has 1 aromatic carbocycles. The van der Waals surface area contributed by atoms with Crippen molar-refractivity contribution in [2.45, 2.75) is 6.42 Å². The Bertz CT molecular complexity index is 516. The van der Waals surface area contributed by atoms with Crippen LogP contribution in [0, 0.1) is 0 Å². The SMILES string of the molecule is Nc1cnc(Cc2cccc(Cl)c2)nc1O. The Balaban J connectivity index is 2.24. The van der Waals surface area contributed by atoms with Crippen LogP contribution in [0.25, 0.3) is 0 Å². The third kappa shape index (κ3) is 2.41. The lowest BCUT2D eigenvalue weighted by atomic mass is 10.1. The summed E-state index contributed by atoms with van der Waals surface area (Å²) in [7, 11) is 0. The van der Waals surface area contributed by atoms with Gasteiger partial charge in [0.2, 0.25) is 5.88 Å². The summed E-state index contributed by atoms with van der Waals surface area (Å²) in [6, 6.07) is 7.40. The molecule has 0 spiro atoms. The first-order chi connectivity index (χ1) is 7.65. The Morgan fingerprint density at radius 3 is 2.88 bits per heavy atom. The minimum absolute atomic E-state index is 0.176. The number of anilines is 1. The number of hydrogen-bond donors (Lipinski definition) is 2. The summed E-state index contributed by atoms with van der Waals surface area (Å²) < 4.78 is 0. The van der Waals surface area contributed by atoms with E-state index >= 15 is 0 Å². The van der Waals surface area contributed by atoms with E-state index in [1.807, 2.05) is 18.2 Å². The van der Waals surface area contributed by atoms with Crippen LogP contribution in [0.1, 0.15) is 11.4 Å². The molecular formula is C11H10ClN3O. The van der Waals surface area contributed by atoms with E-state index in [-0.39, 0.29) is 11.6 Å². The van der Waals surface area contributed by atoms with Crippen LogP contribution in [0.3, 0.4) is 0 Å². The number of aromatic hydroxyl groups is 1. The predicted molar refractivity (Wildman–Crippen MR) is 62.4 cm³/mol. The van der Waals surface area contributed by atoms with E-state index in [1.165, 1.54) is 6.20 Å². The first-order valence-electron chi connectivity index (χ1n) is 4.70. The van der Waals surface area contributed by atoms with E-state index < -0.39 is 0 Å². The predicted octanol–water partition coefficient (Wildman–Crippen LogP) is 2.01. The number of hydrogen-bond acceptors (Lipinski definition) is 4. The van der Waals surface area contributed by atoms with Gasteiger partial charge in [-0.25, -0.2) is 4.98 Å². The number of nitrogens with two attached hydrogens (primary N) is 1. The van der Waals surface area contributed by atoms with Gasteiger partial charge >= 0.3 is 0 Å². The third-order valence-electron chi connectivity index (χ3n) is 2.10. The fourth-order valence-electron chi connectivity index (χ4n) is 1.33. The summed E-state index contributed by atoms with van der Waals surface area (Å²) in [5, 5.41) is 9.99. The van der Waals surface area contributed by atoms with Crippen molar-refractivity contribution in [3.8, 4) is 5.88 Å². The molecule has 0 bridgehead atoms. The molecule has 2 aromatic rings. The molecule has 0 fully saturated rings. The molecule has 4 nitrogen and oxygen atoms in total. The summed E-state index contributed by atoms with van der Waals surface area (Å²) in [5.41, 5.74) is 6.57. The normalized spacial score (nSPS) is 10.3. The number of rotatable bonds is 2. The molecule has 1 heterocycles. The van der Waals surface area contributed by atoms with Gasteiger partial charge in [0.05, 0.1) is 6.20 Å². The van der Waals surface area contributed by atoms with Crippen LogP contribution in [-0.4, -0.2) is 15.1 Å². The van der Waals surface area contributed by atoms with E-state index in [0.717, 1.165) is 5.56 Å². The van der Waals surface area contributed by atoms with Gasteiger partial charge in [-0.15, -0.1) is 0 Å². The van der Waals surface area contributed by atoms with Gasteiger partial charge in [-0.2, -0.15) is 4.98 Å². The second-order valence-corrected chi connectivity index (χ2v) is 3.81. The maximum Gasteiger partial charge on any atom is 0.238 e. The fourth-order valence-corrected chi connectivity index (χ4v) is 1.55. The Kier molecular flexibility index (Phi) is 2.92. The maximum atomic E-state index is 9.33. The molecule has 0 radical (unpaired) electrons. The lowest BCUT2D eigenvalue weighted by Crippen LogP contribution is -1.98. The number of aromatic nitrogens is 2. The molecule has 0 saturated carbocycles. The van der Waals surface area contributed by atoms with E-state index in [4.69, 9.17) is 17.3 Å². The quantitative estimate of drug-likeness (QED) is 0.835. The topological polar surface area (TPSA) is 72.0 Å². The molecule has 0 unspecified atom stereocenters. The molecule has 0 atom stereocenters. The van der Waals surface area contributed by atoms with Crippen molar-refractivity contribution in [2.75, 3.05) is 5.73 Å². The van der Waals surface area contributed by atoms with E-state index in [1.54, 1.807) is 6.07 Å². The Hall–Kier alpha value is -1.81. The van der Waals surface area contributed by atoms with E-state index in [9.17, 15) is 5.11 Å². The number of nitrogen functional groups attached to an aromatic ring is 1. The van der Waals surface area contributed by atoms with Gasteiger partial charge in [0.25, 0.3) is 0 Å². The van der Waals surface area contributed by atoms with Gasteiger partial charge < -0.3 is 10.8 Å². The number of halogens is 1. The zero-order chi connectivity index (χ0) is 11.5. The average Bonchev–Trinajstić information content (AvgIpc) is 2.24. The van der Waals surface area contributed by atoms with Gasteiger partial charge in [-0.1, -0.05) is 23.7 Å². The van der Waals surface area contributed by atoms with Crippen LogP contribution in [0.5, 0.6) is 5.88 Å². The highest BCUT2D eigenvalue weighted by Crippen LogP contribution is 2.17. The zero-order valence-corrected chi connectivity index (χ0v) is 9.15. The molecule has 0 aliphatic rings. The first kappa shape index (κ1) is 10.7. The fraction of sp³-hybridized carbons (Fsp3) is 0.0909. The minimum atomic E-state index is -0.188. The van der Waals surface area contributed by atoms with Crippen molar-refractivity contribution in [1.82, 2.24) is 9.97 Å². The van der Waals surface area contributed by atoms with Gasteiger partial charge in [0, 0.05) is 11.4 Å². The summed E-state index contributed by atoms with van der Waals surface area (Å²) in [5.74, 6) is 0.320. The van der Waals surface area contributed by atoms with E-state index in [2.05, 4.69) is 9.97 Å².